The molecule has 1 saturated heterocycles. The standard InChI is InChI=1S/C18H21N5S/c1-15(17-9-5-6-10-19-17)20-21-18(24)23-13-11-22(12-14-23)16-7-3-2-4-8-16/h2-10H,11-14H2,1H3,(H,21,24). The van der Waals surface area contributed by atoms with Gasteiger partial charge in [-0.25, -0.2) is 0 Å². The van der Waals surface area contributed by atoms with Crippen LogP contribution in [0.1, 0.15) is 12.6 Å². The molecule has 0 radical (unpaired) electrons. The van der Waals surface area contributed by atoms with Gasteiger partial charge < -0.3 is 9.80 Å². The van der Waals surface area contributed by atoms with Crippen LogP contribution in [0.5, 0.6) is 0 Å². The number of piperazine rings is 1. The van der Waals surface area contributed by atoms with Crippen molar-refractivity contribution in [2.45, 2.75) is 6.92 Å². The van der Waals surface area contributed by atoms with E-state index in [0.29, 0.717) is 5.11 Å². The fourth-order valence-corrected chi connectivity index (χ4v) is 2.87. The van der Waals surface area contributed by atoms with Gasteiger partial charge in [-0.3, -0.25) is 10.4 Å². The van der Waals surface area contributed by atoms with Crippen LogP contribution in [0.3, 0.4) is 0 Å². The van der Waals surface area contributed by atoms with Gasteiger partial charge in [-0.1, -0.05) is 24.3 Å². The Morgan fingerprint density at radius 3 is 2.42 bits per heavy atom. The second-order valence-corrected chi connectivity index (χ2v) is 6.03. The minimum absolute atomic E-state index is 0.665. The maximum atomic E-state index is 5.47. The fraction of sp³-hybridized carbons (Fsp3) is 0.278. The van der Waals surface area contributed by atoms with E-state index in [1.54, 1.807) is 6.20 Å². The van der Waals surface area contributed by atoms with Crippen molar-refractivity contribution in [1.29, 1.82) is 0 Å². The highest BCUT2D eigenvalue weighted by Gasteiger charge is 2.18. The van der Waals surface area contributed by atoms with Crippen molar-refractivity contribution in [2.24, 2.45) is 5.10 Å². The first-order valence-electron chi connectivity index (χ1n) is 8.04. The van der Waals surface area contributed by atoms with Crippen molar-refractivity contribution in [1.82, 2.24) is 15.3 Å². The summed E-state index contributed by atoms with van der Waals surface area (Å²) in [4.78, 5) is 8.81. The molecule has 0 aliphatic carbocycles. The third-order valence-electron chi connectivity index (χ3n) is 4.04. The number of rotatable bonds is 3. The maximum absolute atomic E-state index is 5.47. The highest BCUT2D eigenvalue weighted by molar-refractivity contribution is 7.80. The summed E-state index contributed by atoms with van der Waals surface area (Å²) in [6.07, 6.45) is 1.76. The smallest absolute Gasteiger partial charge is 0.189 e. The van der Waals surface area contributed by atoms with E-state index in [9.17, 15) is 0 Å². The van der Waals surface area contributed by atoms with E-state index in [-0.39, 0.29) is 0 Å². The maximum Gasteiger partial charge on any atom is 0.189 e. The van der Waals surface area contributed by atoms with Gasteiger partial charge in [0.15, 0.2) is 5.11 Å². The molecule has 6 heteroatoms. The van der Waals surface area contributed by atoms with Gasteiger partial charge in [0.1, 0.15) is 0 Å². The van der Waals surface area contributed by atoms with E-state index < -0.39 is 0 Å². The molecule has 24 heavy (non-hydrogen) atoms. The lowest BCUT2D eigenvalue weighted by Crippen LogP contribution is -2.51. The number of benzene rings is 1. The van der Waals surface area contributed by atoms with Crippen LogP contribution in [0, 0.1) is 0 Å². The number of hydrazone groups is 1. The second-order valence-electron chi connectivity index (χ2n) is 5.64. The molecule has 0 atom stereocenters. The molecule has 0 bridgehead atoms. The van der Waals surface area contributed by atoms with Crippen LogP contribution < -0.4 is 10.3 Å². The predicted octanol–water partition coefficient (Wildman–Crippen LogP) is 2.50. The van der Waals surface area contributed by atoms with Gasteiger partial charge in [-0.2, -0.15) is 5.10 Å². The number of pyridine rings is 1. The molecule has 1 aromatic carbocycles. The number of thiocarbonyl (C=S) groups is 1. The number of hydrogen-bond donors (Lipinski definition) is 1. The summed E-state index contributed by atoms with van der Waals surface area (Å²) in [5, 5.41) is 5.02. The van der Waals surface area contributed by atoms with Crippen molar-refractivity contribution in [3.63, 3.8) is 0 Å². The topological polar surface area (TPSA) is 43.8 Å². The third kappa shape index (κ3) is 4.08. The van der Waals surface area contributed by atoms with Gasteiger partial charge in [0, 0.05) is 38.1 Å². The van der Waals surface area contributed by atoms with Crippen LogP contribution >= 0.6 is 12.2 Å². The number of hydrogen-bond acceptors (Lipinski definition) is 4. The minimum atomic E-state index is 0.665. The summed E-state index contributed by atoms with van der Waals surface area (Å²) < 4.78 is 0. The molecule has 0 saturated carbocycles. The van der Waals surface area contributed by atoms with Gasteiger partial charge in [0.25, 0.3) is 0 Å². The molecule has 0 amide bonds. The van der Waals surface area contributed by atoms with Gasteiger partial charge >= 0.3 is 0 Å². The summed E-state index contributed by atoms with van der Waals surface area (Å²) in [5.74, 6) is 0. The van der Waals surface area contributed by atoms with Crippen molar-refractivity contribution < 1.29 is 0 Å². The molecule has 124 valence electrons. The van der Waals surface area contributed by atoms with Gasteiger partial charge in [0.2, 0.25) is 0 Å². The highest BCUT2D eigenvalue weighted by atomic mass is 32.1. The summed E-state index contributed by atoms with van der Waals surface area (Å²) >= 11 is 5.47. The van der Waals surface area contributed by atoms with Crippen LogP contribution in [0.15, 0.2) is 59.8 Å². The quantitative estimate of drug-likeness (QED) is 0.529. The Hall–Kier alpha value is -2.47. The van der Waals surface area contributed by atoms with E-state index in [0.717, 1.165) is 37.6 Å². The van der Waals surface area contributed by atoms with Crippen molar-refractivity contribution >= 4 is 28.7 Å². The third-order valence-corrected chi connectivity index (χ3v) is 4.39. The largest absolute Gasteiger partial charge is 0.368 e. The Balaban J connectivity index is 1.52. The molecule has 3 rings (SSSR count). The number of aromatic nitrogens is 1. The summed E-state index contributed by atoms with van der Waals surface area (Å²) in [6, 6.07) is 16.2. The van der Waals surface area contributed by atoms with Crippen molar-refractivity contribution in [3.8, 4) is 0 Å². The first kappa shape index (κ1) is 16.4. The fourth-order valence-electron chi connectivity index (χ4n) is 2.64. The summed E-state index contributed by atoms with van der Waals surface area (Å²) in [6.45, 7) is 5.60. The Morgan fingerprint density at radius 2 is 1.75 bits per heavy atom. The molecular formula is C18H21N5S. The van der Waals surface area contributed by atoms with Gasteiger partial charge in [-0.15, -0.1) is 0 Å². The average molecular weight is 339 g/mol. The molecular weight excluding hydrogens is 318 g/mol. The van der Waals surface area contributed by atoms with Crippen LogP contribution in [0.4, 0.5) is 5.69 Å². The number of nitrogens with one attached hydrogen (secondary N) is 1. The summed E-state index contributed by atoms with van der Waals surface area (Å²) in [5.41, 5.74) is 5.93. The predicted molar refractivity (Wildman–Crippen MR) is 102 cm³/mol. The van der Waals surface area contributed by atoms with Gasteiger partial charge in [0.05, 0.1) is 11.4 Å². The van der Waals surface area contributed by atoms with Crippen LogP contribution in [-0.4, -0.2) is 46.9 Å². The SMILES string of the molecule is CC(=NNC(=S)N1CCN(c2ccccc2)CC1)c1ccccn1. The van der Waals surface area contributed by atoms with E-state index in [1.165, 1.54) is 5.69 Å². The first-order valence-corrected chi connectivity index (χ1v) is 8.45. The zero-order valence-electron chi connectivity index (χ0n) is 13.7. The Kier molecular flexibility index (Phi) is 5.38. The van der Waals surface area contributed by atoms with Gasteiger partial charge in [-0.05, 0) is 43.4 Å². The number of para-hydroxylation sites is 1. The molecule has 1 aromatic heterocycles. The Bertz CT molecular complexity index is 694. The molecule has 1 aliphatic heterocycles. The van der Waals surface area contributed by atoms with Crippen LogP contribution in [-0.2, 0) is 0 Å². The van der Waals surface area contributed by atoms with E-state index in [4.69, 9.17) is 12.2 Å². The van der Waals surface area contributed by atoms with Crippen LogP contribution in [0.2, 0.25) is 0 Å². The van der Waals surface area contributed by atoms with E-state index in [1.807, 2.05) is 31.2 Å². The molecule has 1 N–H and O–H groups in total. The molecule has 5 nitrogen and oxygen atoms in total. The Labute approximate surface area is 148 Å². The van der Waals surface area contributed by atoms with Crippen molar-refractivity contribution in [2.75, 3.05) is 31.1 Å². The highest BCUT2D eigenvalue weighted by Crippen LogP contribution is 2.15. The zero-order valence-corrected chi connectivity index (χ0v) is 14.5. The monoisotopic (exact) mass is 339 g/mol. The molecule has 1 fully saturated rings. The number of nitrogens with zero attached hydrogens (tertiary/aromatic N) is 4. The molecule has 0 spiro atoms. The lowest BCUT2D eigenvalue weighted by molar-refractivity contribution is 0.381. The minimum Gasteiger partial charge on any atom is -0.368 e. The second kappa shape index (κ2) is 7.88. The number of anilines is 1. The van der Waals surface area contributed by atoms with E-state index in [2.05, 4.69) is 49.6 Å². The average Bonchev–Trinajstić information content (AvgIpc) is 2.67. The Morgan fingerprint density at radius 1 is 1.04 bits per heavy atom. The lowest BCUT2D eigenvalue weighted by atomic mass is 10.2. The molecule has 2 aromatic rings. The summed E-state index contributed by atoms with van der Waals surface area (Å²) in [7, 11) is 0. The van der Waals surface area contributed by atoms with Crippen molar-refractivity contribution in [3.05, 3.63) is 60.4 Å². The first-order chi connectivity index (χ1) is 11.7. The molecule has 0 unspecified atom stereocenters. The molecule has 2 heterocycles. The van der Waals surface area contributed by atoms with E-state index >= 15 is 0 Å². The lowest BCUT2D eigenvalue weighted by Gasteiger charge is -2.37. The van der Waals surface area contributed by atoms with Crippen LogP contribution in [0.25, 0.3) is 0 Å². The zero-order chi connectivity index (χ0) is 16.8. The molecule has 1 aliphatic rings. The normalized spacial score (nSPS) is 15.3.